The molecule has 2 atom stereocenters. The number of fused-ring (bicyclic) bond motifs is 1. The molecule has 1 aliphatic rings. The fourth-order valence-electron chi connectivity index (χ4n) is 4.95. The van der Waals surface area contributed by atoms with E-state index < -0.39 is 29.5 Å². The molecule has 7 nitrogen and oxygen atoms in total. The van der Waals surface area contributed by atoms with Gasteiger partial charge in [0.05, 0.1) is 17.1 Å². The van der Waals surface area contributed by atoms with Crippen molar-refractivity contribution < 1.29 is 18.7 Å². The highest BCUT2D eigenvalue weighted by molar-refractivity contribution is 6.04. The predicted molar refractivity (Wildman–Crippen MR) is 139 cm³/mol. The molecule has 3 aromatic carbocycles. The third-order valence-corrected chi connectivity index (χ3v) is 6.93. The number of halogens is 1. The summed E-state index contributed by atoms with van der Waals surface area (Å²) in [6.07, 6.45) is 2.75. The maximum atomic E-state index is 14.2. The topological polar surface area (TPSA) is 88.2 Å². The molecule has 5 aromatic rings. The average molecular weight is 507 g/mol. The van der Waals surface area contributed by atoms with E-state index in [-0.39, 0.29) is 12.2 Å². The van der Waals surface area contributed by atoms with Crippen LogP contribution in [-0.4, -0.2) is 31.9 Å². The highest BCUT2D eigenvalue weighted by atomic mass is 19.1. The van der Waals surface area contributed by atoms with Crippen LogP contribution in [-0.2, 0) is 21.6 Å². The van der Waals surface area contributed by atoms with Crippen LogP contribution >= 0.6 is 0 Å². The minimum Gasteiger partial charge on any atom is -0.424 e. The van der Waals surface area contributed by atoms with Crippen LogP contribution in [0.3, 0.4) is 0 Å². The second-order valence-electron chi connectivity index (χ2n) is 9.29. The van der Waals surface area contributed by atoms with Gasteiger partial charge in [0.1, 0.15) is 5.82 Å². The molecule has 6 rings (SSSR count). The van der Waals surface area contributed by atoms with Crippen molar-refractivity contribution >= 4 is 23.0 Å². The summed E-state index contributed by atoms with van der Waals surface area (Å²) >= 11 is 0. The number of rotatable bonds is 6. The van der Waals surface area contributed by atoms with Crippen molar-refractivity contribution in [2.45, 2.75) is 25.0 Å². The normalized spacial score (nSPS) is 18.1. The summed E-state index contributed by atoms with van der Waals surface area (Å²) in [5, 5.41) is 0. The second kappa shape index (κ2) is 9.23. The highest BCUT2D eigenvalue weighted by Crippen LogP contribution is 2.41. The molecule has 0 saturated carbocycles. The number of amides is 2. The number of H-pyrrole nitrogens is 1. The first-order valence-electron chi connectivity index (χ1n) is 12.2. The summed E-state index contributed by atoms with van der Waals surface area (Å²) in [4.78, 5) is 40.9. The minimum atomic E-state index is -1.71. The van der Waals surface area contributed by atoms with E-state index in [2.05, 4.69) is 9.97 Å². The zero-order valence-corrected chi connectivity index (χ0v) is 20.5. The lowest BCUT2D eigenvalue weighted by molar-refractivity contribution is -0.139. The lowest BCUT2D eigenvalue weighted by atomic mass is 9.92. The average Bonchev–Trinajstić information content (AvgIpc) is 3.49. The Morgan fingerprint density at radius 1 is 0.974 bits per heavy atom. The molecule has 2 amide bonds. The quantitative estimate of drug-likeness (QED) is 0.308. The zero-order chi connectivity index (χ0) is 26.3. The van der Waals surface area contributed by atoms with Gasteiger partial charge in [0.15, 0.2) is 5.82 Å². The van der Waals surface area contributed by atoms with E-state index in [9.17, 15) is 14.0 Å². The van der Waals surface area contributed by atoms with Crippen molar-refractivity contribution in [1.82, 2.24) is 19.9 Å². The Hall–Kier alpha value is -4.85. The number of hydrogen-bond donors (Lipinski definition) is 1. The highest BCUT2D eigenvalue weighted by Gasteiger charge is 2.58. The fourth-order valence-corrected chi connectivity index (χ4v) is 4.95. The molecule has 2 aromatic heterocycles. The SMILES string of the molecule is C[C@H](c1ccc(F)cc1)N1C(=O)O[C@](Cc2ccccc2)(c2nc3c(-c4cccnc4)cccc3[nH]2)C1=O. The summed E-state index contributed by atoms with van der Waals surface area (Å²) in [5.41, 5.74) is 2.74. The Morgan fingerprint density at radius 3 is 2.50 bits per heavy atom. The first-order valence-corrected chi connectivity index (χ1v) is 12.2. The van der Waals surface area contributed by atoms with Crippen molar-refractivity contribution in [2.24, 2.45) is 0 Å². The first-order chi connectivity index (χ1) is 18.5. The molecule has 1 N–H and O–H groups in total. The smallest absolute Gasteiger partial charge is 0.418 e. The number of pyridine rings is 1. The molecule has 0 radical (unpaired) electrons. The van der Waals surface area contributed by atoms with Crippen LogP contribution in [0.1, 0.15) is 29.9 Å². The number of cyclic esters (lactones) is 1. The van der Waals surface area contributed by atoms with E-state index in [0.717, 1.165) is 21.6 Å². The molecule has 3 heterocycles. The molecule has 0 bridgehead atoms. The van der Waals surface area contributed by atoms with E-state index in [1.165, 1.54) is 12.1 Å². The van der Waals surface area contributed by atoms with Crippen LogP contribution in [0.5, 0.6) is 0 Å². The number of para-hydroxylation sites is 1. The number of hydrogen-bond acceptors (Lipinski definition) is 5. The van der Waals surface area contributed by atoms with Gasteiger partial charge >= 0.3 is 6.09 Å². The van der Waals surface area contributed by atoms with E-state index in [0.29, 0.717) is 16.6 Å². The fraction of sp³-hybridized carbons (Fsp3) is 0.133. The number of imide groups is 1. The number of imidazole rings is 1. The lowest BCUT2D eigenvalue weighted by Crippen LogP contribution is -2.42. The van der Waals surface area contributed by atoms with Crippen molar-refractivity contribution in [3.8, 4) is 11.1 Å². The van der Waals surface area contributed by atoms with Crippen LogP contribution in [0.4, 0.5) is 9.18 Å². The van der Waals surface area contributed by atoms with Crippen LogP contribution < -0.4 is 0 Å². The van der Waals surface area contributed by atoms with Gasteiger partial charge in [-0.2, -0.15) is 0 Å². The predicted octanol–water partition coefficient (Wildman–Crippen LogP) is 5.94. The molecule has 0 spiro atoms. The Balaban J connectivity index is 1.48. The number of ether oxygens (including phenoxy) is 1. The van der Waals surface area contributed by atoms with Gasteiger partial charge in [-0.05, 0) is 42.3 Å². The lowest BCUT2D eigenvalue weighted by Gasteiger charge is -2.25. The number of nitrogens with one attached hydrogen (secondary N) is 1. The van der Waals surface area contributed by atoms with E-state index in [1.807, 2.05) is 60.7 Å². The molecular formula is C30H23FN4O3. The van der Waals surface area contributed by atoms with Crippen molar-refractivity contribution in [3.63, 3.8) is 0 Å². The van der Waals surface area contributed by atoms with E-state index >= 15 is 0 Å². The van der Waals surface area contributed by atoms with Gasteiger partial charge in [0.2, 0.25) is 0 Å². The third-order valence-electron chi connectivity index (χ3n) is 6.93. The summed E-state index contributed by atoms with van der Waals surface area (Å²) in [5.74, 6) is -0.702. The minimum absolute atomic E-state index is 0.0904. The number of aromatic nitrogens is 3. The number of carbonyl (C=O) groups is 2. The van der Waals surface area contributed by atoms with Crippen LogP contribution in [0, 0.1) is 5.82 Å². The second-order valence-corrected chi connectivity index (χ2v) is 9.29. The number of nitrogens with zero attached hydrogens (tertiary/aromatic N) is 3. The molecule has 38 heavy (non-hydrogen) atoms. The number of aromatic amines is 1. The van der Waals surface area contributed by atoms with Gasteiger partial charge in [-0.3, -0.25) is 9.78 Å². The number of benzene rings is 3. The van der Waals surface area contributed by atoms with Gasteiger partial charge in [0.25, 0.3) is 11.5 Å². The molecule has 1 saturated heterocycles. The molecule has 1 fully saturated rings. The standard InChI is InChI=1S/C30H23FN4O3/c1-19(21-12-14-23(31)15-13-21)35-28(36)30(38-29(35)37,17-20-7-3-2-4-8-20)27-33-25-11-5-10-24(26(25)34-27)22-9-6-16-32-18-22/h2-16,18-19H,17H2,1H3,(H,33,34)/t19-,30-/m1/s1. The van der Waals surface area contributed by atoms with E-state index in [1.54, 1.807) is 31.5 Å². The summed E-state index contributed by atoms with van der Waals surface area (Å²) < 4.78 is 19.5. The molecule has 188 valence electrons. The molecule has 8 heteroatoms. The van der Waals surface area contributed by atoms with Crippen LogP contribution in [0.15, 0.2) is 97.3 Å². The Kier molecular flexibility index (Phi) is 5.72. The van der Waals surface area contributed by atoms with Gasteiger partial charge in [-0.15, -0.1) is 0 Å². The van der Waals surface area contributed by atoms with Crippen molar-refractivity contribution in [2.75, 3.05) is 0 Å². The Morgan fingerprint density at radius 2 is 1.76 bits per heavy atom. The largest absolute Gasteiger partial charge is 0.424 e. The van der Waals surface area contributed by atoms with Gasteiger partial charge in [-0.25, -0.2) is 19.1 Å². The van der Waals surface area contributed by atoms with Crippen LogP contribution in [0.2, 0.25) is 0 Å². The van der Waals surface area contributed by atoms with Gasteiger partial charge in [-0.1, -0.05) is 60.7 Å². The maximum absolute atomic E-state index is 14.2. The van der Waals surface area contributed by atoms with Gasteiger partial charge in [0, 0.05) is 29.9 Å². The Bertz CT molecular complexity index is 1640. The summed E-state index contributed by atoms with van der Waals surface area (Å²) in [7, 11) is 0. The maximum Gasteiger partial charge on any atom is 0.418 e. The zero-order valence-electron chi connectivity index (χ0n) is 20.5. The Labute approximate surface area is 217 Å². The van der Waals surface area contributed by atoms with Gasteiger partial charge < -0.3 is 9.72 Å². The first kappa shape index (κ1) is 23.5. The molecule has 0 unspecified atom stereocenters. The van der Waals surface area contributed by atoms with Crippen molar-refractivity contribution in [1.29, 1.82) is 0 Å². The van der Waals surface area contributed by atoms with Crippen LogP contribution in [0.25, 0.3) is 22.2 Å². The molecular weight excluding hydrogens is 483 g/mol. The summed E-state index contributed by atoms with van der Waals surface area (Å²) in [6.45, 7) is 1.71. The molecule has 0 aliphatic carbocycles. The van der Waals surface area contributed by atoms with E-state index in [4.69, 9.17) is 9.72 Å². The monoisotopic (exact) mass is 506 g/mol. The van der Waals surface area contributed by atoms with Crippen molar-refractivity contribution in [3.05, 3.63) is 120 Å². The molecule has 1 aliphatic heterocycles. The third kappa shape index (κ3) is 3.91. The summed E-state index contributed by atoms with van der Waals surface area (Å²) in [6, 6.07) is 23.8. The number of carbonyl (C=O) groups excluding carboxylic acids is 2.